The maximum atomic E-state index is 11.8. The number of hydrazone groups is 1. The molecule has 0 fully saturated rings. The maximum Gasteiger partial charge on any atom is 0.249 e. The minimum absolute atomic E-state index is 0.366. The Kier molecular flexibility index (Phi) is 6.99. The van der Waals surface area contributed by atoms with Crippen LogP contribution in [0.5, 0.6) is 11.5 Å². The summed E-state index contributed by atoms with van der Waals surface area (Å²) in [5.41, 5.74) is 3.47. The van der Waals surface area contributed by atoms with Gasteiger partial charge in [0.2, 0.25) is 11.8 Å². The second-order valence-corrected chi connectivity index (χ2v) is 5.54. The largest absolute Gasteiger partial charge is 0.493 e. The van der Waals surface area contributed by atoms with Gasteiger partial charge in [-0.1, -0.05) is 17.7 Å². The SMILES string of the molecule is COc1cccc(C=NNC(=O)CC(=O)Nc2ccc(Cl)cc2)c1OC. The summed E-state index contributed by atoms with van der Waals surface area (Å²) < 4.78 is 10.4. The van der Waals surface area contributed by atoms with Crippen LogP contribution in [0.25, 0.3) is 0 Å². The molecular formula is C18H18ClN3O4. The summed E-state index contributed by atoms with van der Waals surface area (Å²) in [5.74, 6) is 0.0344. The van der Waals surface area contributed by atoms with Gasteiger partial charge in [-0.05, 0) is 36.4 Å². The molecule has 2 aromatic carbocycles. The molecule has 0 aliphatic carbocycles. The zero-order valence-electron chi connectivity index (χ0n) is 14.3. The van der Waals surface area contributed by atoms with Gasteiger partial charge in [0.25, 0.3) is 0 Å². The number of nitrogens with zero attached hydrogens (tertiary/aromatic N) is 1. The lowest BCUT2D eigenvalue weighted by molar-refractivity contribution is -0.126. The van der Waals surface area contributed by atoms with E-state index in [-0.39, 0.29) is 6.42 Å². The number of anilines is 1. The van der Waals surface area contributed by atoms with Crippen LogP contribution in [-0.4, -0.2) is 32.2 Å². The van der Waals surface area contributed by atoms with Crippen LogP contribution in [0.1, 0.15) is 12.0 Å². The van der Waals surface area contributed by atoms with E-state index < -0.39 is 11.8 Å². The highest BCUT2D eigenvalue weighted by atomic mass is 35.5. The summed E-state index contributed by atoms with van der Waals surface area (Å²) in [5, 5.41) is 6.99. The van der Waals surface area contributed by atoms with Crippen molar-refractivity contribution in [3.63, 3.8) is 0 Å². The number of hydrogen-bond donors (Lipinski definition) is 2. The number of para-hydroxylation sites is 1. The highest BCUT2D eigenvalue weighted by Gasteiger charge is 2.10. The minimum atomic E-state index is -0.547. The molecule has 0 radical (unpaired) electrons. The highest BCUT2D eigenvalue weighted by Crippen LogP contribution is 2.29. The standard InChI is InChI=1S/C18H18ClN3O4/c1-25-15-5-3-4-12(18(15)26-2)11-20-22-17(24)10-16(23)21-14-8-6-13(19)7-9-14/h3-9,11H,10H2,1-2H3,(H,21,23)(H,22,24). The zero-order valence-corrected chi connectivity index (χ0v) is 15.0. The molecule has 0 heterocycles. The Morgan fingerprint density at radius 3 is 2.46 bits per heavy atom. The lowest BCUT2D eigenvalue weighted by atomic mass is 10.2. The molecule has 0 saturated carbocycles. The Morgan fingerprint density at radius 1 is 1.08 bits per heavy atom. The first kappa shape index (κ1) is 19.3. The third-order valence-electron chi connectivity index (χ3n) is 3.28. The normalized spacial score (nSPS) is 10.4. The number of carbonyl (C=O) groups excluding carboxylic acids is 2. The average molecular weight is 376 g/mol. The summed E-state index contributed by atoms with van der Waals surface area (Å²) in [6.45, 7) is 0. The van der Waals surface area contributed by atoms with E-state index >= 15 is 0 Å². The Bertz CT molecular complexity index is 807. The first-order valence-corrected chi connectivity index (χ1v) is 7.99. The van der Waals surface area contributed by atoms with Crippen molar-refractivity contribution < 1.29 is 19.1 Å². The van der Waals surface area contributed by atoms with E-state index in [0.29, 0.717) is 27.8 Å². The number of carbonyl (C=O) groups is 2. The smallest absolute Gasteiger partial charge is 0.249 e. The van der Waals surface area contributed by atoms with Crippen molar-refractivity contribution in [1.82, 2.24) is 5.43 Å². The second-order valence-electron chi connectivity index (χ2n) is 5.11. The van der Waals surface area contributed by atoms with Crippen molar-refractivity contribution in [2.45, 2.75) is 6.42 Å². The quantitative estimate of drug-likeness (QED) is 0.442. The number of rotatable bonds is 7. The Morgan fingerprint density at radius 2 is 1.81 bits per heavy atom. The summed E-state index contributed by atoms with van der Waals surface area (Å²) in [6, 6.07) is 11.8. The first-order valence-electron chi connectivity index (χ1n) is 7.61. The molecule has 2 rings (SSSR count). The number of amides is 2. The molecule has 0 bridgehead atoms. The van der Waals surface area contributed by atoms with Crippen molar-refractivity contribution >= 4 is 35.3 Å². The van der Waals surface area contributed by atoms with Gasteiger partial charge < -0.3 is 14.8 Å². The molecule has 0 aromatic heterocycles. The Balaban J connectivity index is 1.89. The van der Waals surface area contributed by atoms with Gasteiger partial charge in [0, 0.05) is 16.3 Å². The van der Waals surface area contributed by atoms with Crippen LogP contribution in [0, 0.1) is 0 Å². The molecular weight excluding hydrogens is 358 g/mol. The molecule has 2 aromatic rings. The van der Waals surface area contributed by atoms with E-state index in [4.69, 9.17) is 21.1 Å². The zero-order chi connectivity index (χ0) is 18.9. The Labute approximate surface area is 155 Å². The topological polar surface area (TPSA) is 89.0 Å². The fourth-order valence-corrected chi connectivity index (χ4v) is 2.24. The van der Waals surface area contributed by atoms with Crippen LogP contribution in [0.4, 0.5) is 5.69 Å². The van der Waals surface area contributed by atoms with Crippen molar-refractivity contribution in [2.24, 2.45) is 5.10 Å². The van der Waals surface area contributed by atoms with Gasteiger partial charge in [-0.3, -0.25) is 9.59 Å². The number of hydrogen-bond acceptors (Lipinski definition) is 5. The van der Waals surface area contributed by atoms with E-state index in [2.05, 4.69) is 15.8 Å². The Hall–Kier alpha value is -3.06. The van der Waals surface area contributed by atoms with Crippen LogP contribution in [0.3, 0.4) is 0 Å². The lowest BCUT2D eigenvalue weighted by Crippen LogP contribution is -2.24. The predicted octanol–water partition coefficient (Wildman–Crippen LogP) is 2.84. The molecule has 8 heteroatoms. The van der Waals surface area contributed by atoms with E-state index in [0.717, 1.165) is 0 Å². The molecule has 0 aliphatic rings. The number of methoxy groups -OCH3 is 2. The molecule has 0 atom stereocenters. The summed E-state index contributed by atoms with van der Waals surface area (Å²) in [7, 11) is 3.04. The van der Waals surface area contributed by atoms with E-state index in [1.54, 1.807) is 42.5 Å². The third kappa shape index (κ3) is 5.49. The first-order chi connectivity index (χ1) is 12.5. The predicted molar refractivity (Wildman–Crippen MR) is 100.0 cm³/mol. The molecule has 0 aliphatic heterocycles. The average Bonchev–Trinajstić information content (AvgIpc) is 2.63. The molecule has 0 unspecified atom stereocenters. The molecule has 2 amide bonds. The molecule has 2 N–H and O–H groups in total. The molecule has 26 heavy (non-hydrogen) atoms. The van der Waals surface area contributed by atoms with Gasteiger partial charge in [0.05, 0.1) is 20.4 Å². The fraction of sp³-hybridized carbons (Fsp3) is 0.167. The number of nitrogens with one attached hydrogen (secondary N) is 2. The summed E-state index contributed by atoms with van der Waals surface area (Å²) >= 11 is 5.77. The van der Waals surface area contributed by atoms with E-state index in [9.17, 15) is 9.59 Å². The number of halogens is 1. The molecule has 0 saturated heterocycles. The van der Waals surface area contributed by atoms with E-state index in [1.165, 1.54) is 20.4 Å². The van der Waals surface area contributed by atoms with Crippen LogP contribution in [0.15, 0.2) is 47.6 Å². The third-order valence-corrected chi connectivity index (χ3v) is 3.53. The van der Waals surface area contributed by atoms with Crippen molar-refractivity contribution in [1.29, 1.82) is 0 Å². The van der Waals surface area contributed by atoms with Gasteiger partial charge in [0.1, 0.15) is 6.42 Å². The van der Waals surface area contributed by atoms with Crippen molar-refractivity contribution in [2.75, 3.05) is 19.5 Å². The van der Waals surface area contributed by atoms with Crippen LogP contribution in [0.2, 0.25) is 5.02 Å². The molecule has 0 spiro atoms. The van der Waals surface area contributed by atoms with Crippen molar-refractivity contribution in [3.8, 4) is 11.5 Å². The summed E-state index contributed by atoms with van der Waals surface area (Å²) in [4.78, 5) is 23.6. The minimum Gasteiger partial charge on any atom is -0.493 e. The van der Waals surface area contributed by atoms with Crippen LogP contribution in [-0.2, 0) is 9.59 Å². The second kappa shape index (κ2) is 9.43. The van der Waals surface area contributed by atoms with E-state index in [1.807, 2.05) is 0 Å². The monoisotopic (exact) mass is 375 g/mol. The van der Waals surface area contributed by atoms with Crippen LogP contribution < -0.4 is 20.2 Å². The maximum absolute atomic E-state index is 11.8. The van der Waals surface area contributed by atoms with Gasteiger partial charge in [0.15, 0.2) is 11.5 Å². The highest BCUT2D eigenvalue weighted by molar-refractivity contribution is 6.30. The van der Waals surface area contributed by atoms with Gasteiger partial charge in [-0.15, -0.1) is 0 Å². The fourth-order valence-electron chi connectivity index (χ4n) is 2.11. The van der Waals surface area contributed by atoms with Gasteiger partial charge >= 0.3 is 0 Å². The molecule has 7 nitrogen and oxygen atoms in total. The number of ether oxygens (including phenoxy) is 2. The number of benzene rings is 2. The summed E-state index contributed by atoms with van der Waals surface area (Å²) in [6.07, 6.45) is 1.05. The van der Waals surface area contributed by atoms with Gasteiger partial charge in [-0.2, -0.15) is 5.10 Å². The van der Waals surface area contributed by atoms with Crippen molar-refractivity contribution in [3.05, 3.63) is 53.1 Å². The molecule has 136 valence electrons. The lowest BCUT2D eigenvalue weighted by Gasteiger charge is -2.09. The van der Waals surface area contributed by atoms with Crippen LogP contribution >= 0.6 is 11.6 Å². The van der Waals surface area contributed by atoms with Gasteiger partial charge in [-0.25, -0.2) is 5.43 Å².